The minimum Gasteiger partial charge on any atom is -0.378 e. The van der Waals surface area contributed by atoms with Gasteiger partial charge in [-0.05, 0) is 42.8 Å². The molecule has 0 saturated carbocycles. The Morgan fingerprint density at radius 3 is 2.34 bits per heavy atom. The summed E-state index contributed by atoms with van der Waals surface area (Å²) >= 11 is 0. The molecule has 2 aromatic carbocycles. The maximum atomic E-state index is 13.1. The number of carbonyl (C=O) groups is 1. The number of fused-ring (bicyclic) bond motifs is 1. The molecule has 2 fully saturated rings. The van der Waals surface area contributed by atoms with E-state index in [0.29, 0.717) is 11.1 Å². The molecule has 8 nitrogen and oxygen atoms in total. The fraction of sp³-hybridized carbons (Fsp3) is 0.407. The van der Waals surface area contributed by atoms with Gasteiger partial charge in [-0.2, -0.15) is 0 Å². The second kappa shape index (κ2) is 9.36. The number of anilines is 3. The monoisotopic (exact) mass is 476 g/mol. The van der Waals surface area contributed by atoms with Crippen molar-refractivity contribution in [1.82, 2.24) is 4.98 Å². The van der Waals surface area contributed by atoms with E-state index in [9.17, 15) is 9.59 Å². The number of carbonyl (C=O) groups excluding carboxylic acids is 1. The van der Waals surface area contributed by atoms with Gasteiger partial charge in [0.2, 0.25) is 0 Å². The summed E-state index contributed by atoms with van der Waals surface area (Å²) < 4.78 is 6.40. The Morgan fingerprint density at radius 2 is 1.66 bits per heavy atom. The fourth-order valence-corrected chi connectivity index (χ4v) is 4.92. The van der Waals surface area contributed by atoms with Crippen LogP contribution in [0.3, 0.4) is 0 Å². The van der Waals surface area contributed by atoms with Gasteiger partial charge >= 0.3 is 0 Å². The number of hydrogen-bond donors (Lipinski definition) is 2. The maximum absolute atomic E-state index is 13.1. The van der Waals surface area contributed by atoms with Crippen molar-refractivity contribution in [2.24, 2.45) is 0 Å². The smallest absolute Gasteiger partial charge is 0.272 e. The normalized spacial score (nSPS) is 18.0. The molecule has 2 aliphatic heterocycles. The van der Waals surface area contributed by atoms with Crippen molar-refractivity contribution in [2.45, 2.75) is 6.92 Å². The van der Waals surface area contributed by atoms with Crippen molar-refractivity contribution < 1.29 is 14.0 Å². The Labute approximate surface area is 205 Å². The molecule has 0 spiro atoms. The number of aromatic amines is 1. The number of rotatable bonds is 4. The van der Waals surface area contributed by atoms with Crippen molar-refractivity contribution in [3.05, 3.63) is 63.9 Å². The Kier molecular flexibility index (Phi) is 6.25. The van der Waals surface area contributed by atoms with Crippen LogP contribution in [-0.4, -0.2) is 82.0 Å². The minimum absolute atomic E-state index is 0.140. The van der Waals surface area contributed by atoms with Gasteiger partial charge in [0.05, 0.1) is 70.1 Å². The molecular formula is C27H34N5O3+. The van der Waals surface area contributed by atoms with Crippen molar-refractivity contribution in [1.29, 1.82) is 0 Å². The standard InChI is InChI=1S/C27H33N5O3/c1-19-4-9-23(31-10-14-32(2,3)15-11-31)26-25(19)24(33)18-22(29-26)27(34)28-20-5-7-21(8-6-20)30-12-16-35-17-13-30/h4-9,18H,10-17H2,1-3H3,(H-,28,29,33,34)/p+1. The van der Waals surface area contributed by atoms with Gasteiger partial charge in [-0.3, -0.25) is 9.59 Å². The molecule has 2 N–H and O–H groups in total. The second-order valence-corrected chi connectivity index (χ2v) is 10.2. The van der Waals surface area contributed by atoms with E-state index in [-0.39, 0.29) is 17.0 Å². The van der Waals surface area contributed by atoms with Gasteiger partial charge in [0.25, 0.3) is 5.91 Å². The maximum Gasteiger partial charge on any atom is 0.272 e. The van der Waals surface area contributed by atoms with Crippen LogP contribution in [0.15, 0.2) is 47.3 Å². The largest absolute Gasteiger partial charge is 0.378 e. The number of H-pyrrole nitrogens is 1. The molecule has 1 amide bonds. The van der Waals surface area contributed by atoms with E-state index in [1.165, 1.54) is 6.07 Å². The van der Waals surface area contributed by atoms with Gasteiger partial charge in [-0.1, -0.05) is 6.07 Å². The molecule has 0 atom stereocenters. The van der Waals surface area contributed by atoms with E-state index in [4.69, 9.17) is 4.74 Å². The van der Waals surface area contributed by atoms with Crippen LogP contribution in [0.25, 0.3) is 10.9 Å². The average molecular weight is 477 g/mol. The lowest BCUT2D eigenvalue weighted by Crippen LogP contribution is -2.55. The SMILES string of the molecule is Cc1ccc(N2CC[N+](C)(C)CC2)c2[nH]c(C(=O)Nc3ccc(N4CCOCC4)cc3)cc(=O)c12. The van der Waals surface area contributed by atoms with Gasteiger partial charge in [0.15, 0.2) is 5.43 Å². The Morgan fingerprint density at radius 1 is 0.971 bits per heavy atom. The number of ether oxygens (including phenoxy) is 1. The summed E-state index contributed by atoms with van der Waals surface area (Å²) in [5.74, 6) is -0.327. The summed E-state index contributed by atoms with van der Waals surface area (Å²) in [6.07, 6.45) is 0. The molecule has 0 radical (unpaired) electrons. The van der Waals surface area contributed by atoms with E-state index >= 15 is 0 Å². The number of aryl methyl sites for hydroxylation is 1. The fourth-order valence-electron chi connectivity index (χ4n) is 4.92. The van der Waals surface area contributed by atoms with Gasteiger partial charge in [0.1, 0.15) is 5.69 Å². The van der Waals surface area contributed by atoms with Crippen LogP contribution in [0.2, 0.25) is 0 Å². The van der Waals surface area contributed by atoms with Crippen LogP contribution < -0.4 is 20.5 Å². The zero-order chi connectivity index (χ0) is 24.6. The molecule has 184 valence electrons. The summed E-state index contributed by atoms with van der Waals surface area (Å²) in [6.45, 7) is 8.97. The lowest BCUT2D eigenvalue weighted by molar-refractivity contribution is -0.890. The molecule has 2 aliphatic rings. The zero-order valence-electron chi connectivity index (χ0n) is 20.8. The summed E-state index contributed by atoms with van der Waals surface area (Å²) in [6, 6.07) is 13.3. The quantitative estimate of drug-likeness (QED) is 0.567. The van der Waals surface area contributed by atoms with E-state index < -0.39 is 0 Å². The molecular weight excluding hydrogens is 442 g/mol. The van der Waals surface area contributed by atoms with Gasteiger partial charge in [-0.15, -0.1) is 0 Å². The number of quaternary nitrogens is 1. The van der Waals surface area contributed by atoms with Crippen molar-refractivity contribution >= 4 is 33.9 Å². The number of hydrogen-bond acceptors (Lipinski definition) is 5. The first-order valence-electron chi connectivity index (χ1n) is 12.3. The average Bonchev–Trinajstić information content (AvgIpc) is 2.85. The number of nitrogens with zero attached hydrogens (tertiary/aromatic N) is 3. The van der Waals surface area contributed by atoms with E-state index in [1.54, 1.807) is 0 Å². The molecule has 5 rings (SSSR count). The number of nitrogens with one attached hydrogen (secondary N) is 2. The third-order valence-corrected chi connectivity index (χ3v) is 7.21. The summed E-state index contributed by atoms with van der Waals surface area (Å²) in [5, 5.41) is 3.58. The first-order chi connectivity index (χ1) is 16.8. The molecule has 1 aromatic heterocycles. The third-order valence-electron chi connectivity index (χ3n) is 7.21. The topological polar surface area (TPSA) is 77.7 Å². The van der Waals surface area contributed by atoms with E-state index in [2.05, 4.69) is 40.3 Å². The number of amides is 1. The molecule has 0 bridgehead atoms. The predicted octanol–water partition coefficient (Wildman–Crippen LogP) is 2.82. The predicted molar refractivity (Wildman–Crippen MR) is 141 cm³/mol. The van der Waals surface area contributed by atoms with Gasteiger partial charge in [-0.25, -0.2) is 0 Å². The van der Waals surface area contributed by atoms with Crippen LogP contribution >= 0.6 is 0 Å². The Hall–Kier alpha value is -3.36. The van der Waals surface area contributed by atoms with Crippen LogP contribution in [0.5, 0.6) is 0 Å². The van der Waals surface area contributed by atoms with Crippen molar-refractivity contribution in [3.8, 4) is 0 Å². The molecule has 3 aromatic rings. The number of likely N-dealkylation sites (N-methyl/N-ethyl adjacent to an activating group) is 1. The van der Waals surface area contributed by atoms with Crippen LogP contribution in [0.1, 0.15) is 16.1 Å². The van der Waals surface area contributed by atoms with Gasteiger partial charge < -0.3 is 29.3 Å². The second-order valence-electron chi connectivity index (χ2n) is 10.2. The number of pyridine rings is 1. The van der Waals surface area contributed by atoms with E-state index in [0.717, 1.165) is 79.4 Å². The summed E-state index contributed by atoms with van der Waals surface area (Å²) in [4.78, 5) is 34.1. The molecule has 3 heterocycles. The highest BCUT2D eigenvalue weighted by atomic mass is 16.5. The number of benzene rings is 2. The van der Waals surface area contributed by atoms with Crippen molar-refractivity contribution in [2.75, 3.05) is 81.7 Å². The lowest BCUT2D eigenvalue weighted by Gasteiger charge is -2.40. The highest BCUT2D eigenvalue weighted by Crippen LogP contribution is 2.28. The van der Waals surface area contributed by atoms with Crippen LogP contribution in [-0.2, 0) is 4.74 Å². The first-order valence-corrected chi connectivity index (χ1v) is 12.3. The van der Waals surface area contributed by atoms with Crippen LogP contribution in [0.4, 0.5) is 17.1 Å². The Balaban J connectivity index is 1.41. The zero-order valence-corrected chi connectivity index (χ0v) is 20.8. The first kappa shape index (κ1) is 23.4. The summed E-state index contributed by atoms with van der Waals surface area (Å²) in [7, 11) is 4.48. The van der Waals surface area contributed by atoms with Crippen LogP contribution in [0, 0.1) is 6.92 Å². The number of morpholine rings is 1. The minimum atomic E-state index is -0.327. The molecule has 35 heavy (non-hydrogen) atoms. The van der Waals surface area contributed by atoms with Crippen molar-refractivity contribution in [3.63, 3.8) is 0 Å². The number of aromatic nitrogens is 1. The lowest BCUT2D eigenvalue weighted by atomic mass is 10.1. The molecule has 0 aliphatic carbocycles. The summed E-state index contributed by atoms with van der Waals surface area (Å²) in [5.41, 5.74) is 4.54. The molecule has 0 unspecified atom stereocenters. The Bertz CT molecular complexity index is 1280. The van der Waals surface area contributed by atoms with E-state index in [1.807, 2.05) is 37.3 Å². The highest BCUT2D eigenvalue weighted by Gasteiger charge is 2.26. The van der Waals surface area contributed by atoms with Gasteiger partial charge in [0, 0.05) is 30.5 Å². The highest BCUT2D eigenvalue weighted by molar-refractivity contribution is 6.05. The third kappa shape index (κ3) is 4.90. The molecule has 8 heteroatoms. The number of piperazine rings is 1. The molecule has 2 saturated heterocycles.